The van der Waals surface area contributed by atoms with E-state index in [4.69, 9.17) is 0 Å². The summed E-state index contributed by atoms with van der Waals surface area (Å²) in [6.45, 7) is 1.72. The van der Waals surface area contributed by atoms with E-state index in [0.717, 1.165) is 18.5 Å². The van der Waals surface area contributed by atoms with E-state index >= 15 is 0 Å². The molecule has 1 fully saturated rings. The van der Waals surface area contributed by atoms with Crippen molar-refractivity contribution in [3.63, 3.8) is 0 Å². The van der Waals surface area contributed by atoms with Crippen molar-refractivity contribution in [1.82, 2.24) is 26.0 Å². The molecular formula is C12H15N5O. The van der Waals surface area contributed by atoms with Crippen LogP contribution < -0.4 is 10.6 Å². The normalized spacial score (nSPS) is 19.2. The van der Waals surface area contributed by atoms with Crippen molar-refractivity contribution in [1.29, 1.82) is 0 Å². The first-order chi connectivity index (χ1) is 8.83. The van der Waals surface area contributed by atoms with Crippen LogP contribution >= 0.6 is 0 Å². The molecule has 1 aromatic carbocycles. The molecule has 0 aliphatic carbocycles. The molecule has 1 aliphatic heterocycles. The Labute approximate surface area is 104 Å². The minimum Gasteiger partial charge on any atom is -0.350 e. The van der Waals surface area contributed by atoms with E-state index in [1.807, 2.05) is 0 Å². The average molecular weight is 245 g/mol. The van der Waals surface area contributed by atoms with Crippen LogP contribution in [0.2, 0.25) is 0 Å². The smallest absolute Gasteiger partial charge is 0.251 e. The maximum absolute atomic E-state index is 12.0. The molecule has 3 rings (SSSR count). The van der Waals surface area contributed by atoms with E-state index in [1.165, 1.54) is 6.42 Å². The third kappa shape index (κ3) is 2.19. The Morgan fingerprint density at radius 1 is 1.39 bits per heavy atom. The third-order valence-corrected chi connectivity index (χ3v) is 3.25. The van der Waals surface area contributed by atoms with Crippen LogP contribution in [0, 0.1) is 0 Å². The number of carbonyl (C=O) groups excluding carboxylic acids is 1. The van der Waals surface area contributed by atoms with Gasteiger partial charge in [0.2, 0.25) is 0 Å². The molecule has 1 saturated heterocycles. The highest BCUT2D eigenvalue weighted by Crippen LogP contribution is 2.10. The lowest BCUT2D eigenvalue weighted by atomic mass is 10.1. The number of nitrogens with one attached hydrogen (secondary N) is 3. The first kappa shape index (κ1) is 11.2. The molecule has 94 valence electrons. The Bertz CT molecular complexity index is 558. The zero-order chi connectivity index (χ0) is 12.4. The van der Waals surface area contributed by atoms with Crippen molar-refractivity contribution in [2.75, 3.05) is 13.1 Å². The quantitative estimate of drug-likeness (QED) is 0.732. The highest BCUT2D eigenvalue weighted by Gasteiger charge is 2.15. The predicted molar refractivity (Wildman–Crippen MR) is 67.2 cm³/mol. The summed E-state index contributed by atoms with van der Waals surface area (Å²) < 4.78 is 0. The number of aromatic amines is 1. The lowest BCUT2D eigenvalue weighted by Gasteiger charge is -2.11. The van der Waals surface area contributed by atoms with Crippen LogP contribution in [0.25, 0.3) is 11.0 Å². The standard InChI is InChI=1S/C12H15N5O/c18-12(14-7-9-2-1-5-13-9)8-3-4-10-11(6-8)16-17-15-10/h3-4,6,9,13H,1-2,5,7H2,(H,14,18)(H,15,16,17)/t9-/m1/s1. The largest absolute Gasteiger partial charge is 0.350 e. The zero-order valence-corrected chi connectivity index (χ0v) is 9.94. The Kier molecular flexibility index (Phi) is 2.93. The van der Waals surface area contributed by atoms with Gasteiger partial charge in [-0.2, -0.15) is 15.4 Å². The maximum Gasteiger partial charge on any atom is 0.251 e. The van der Waals surface area contributed by atoms with Gasteiger partial charge in [0, 0.05) is 18.2 Å². The molecule has 18 heavy (non-hydrogen) atoms. The van der Waals surface area contributed by atoms with Gasteiger partial charge in [-0.3, -0.25) is 4.79 Å². The molecule has 0 radical (unpaired) electrons. The molecular weight excluding hydrogens is 230 g/mol. The van der Waals surface area contributed by atoms with Gasteiger partial charge >= 0.3 is 0 Å². The molecule has 2 aromatic rings. The lowest BCUT2D eigenvalue weighted by Crippen LogP contribution is -2.37. The van der Waals surface area contributed by atoms with Crippen molar-refractivity contribution >= 4 is 16.9 Å². The second-order valence-electron chi connectivity index (χ2n) is 4.53. The van der Waals surface area contributed by atoms with Gasteiger partial charge in [0.25, 0.3) is 5.91 Å². The molecule has 0 bridgehead atoms. The molecule has 6 nitrogen and oxygen atoms in total. The number of aromatic nitrogens is 3. The number of rotatable bonds is 3. The monoisotopic (exact) mass is 245 g/mol. The molecule has 3 N–H and O–H groups in total. The lowest BCUT2D eigenvalue weighted by molar-refractivity contribution is 0.0950. The van der Waals surface area contributed by atoms with Gasteiger partial charge in [-0.15, -0.1) is 0 Å². The van der Waals surface area contributed by atoms with E-state index in [2.05, 4.69) is 26.0 Å². The summed E-state index contributed by atoms with van der Waals surface area (Å²) in [6, 6.07) is 5.71. The third-order valence-electron chi connectivity index (χ3n) is 3.25. The Morgan fingerprint density at radius 3 is 3.11 bits per heavy atom. The second kappa shape index (κ2) is 4.73. The molecule has 6 heteroatoms. The number of benzene rings is 1. The minimum absolute atomic E-state index is 0.0615. The van der Waals surface area contributed by atoms with E-state index in [9.17, 15) is 4.79 Å². The molecule has 1 aliphatic rings. The molecule has 1 atom stereocenters. The average Bonchev–Trinajstić information content (AvgIpc) is 3.05. The van der Waals surface area contributed by atoms with Crippen LogP contribution in [-0.4, -0.2) is 40.4 Å². The predicted octanol–water partition coefficient (Wildman–Crippen LogP) is 0.440. The topological polar surface area (TPSA) is 82.7 Å². The molecule has 0 spiro atoms. The number of carbonyl (C=O) groups is 1. The molecule has 1 aromatic heterocycles. The highest BCUT2D eigenvalue weighted by atomic mass is 16.1. The summed E-state index contributed by atoms with van der Waals surface area (Å²) in [4.78, 5) is 12.0. The summed E-state index contributed by atoms with van der Waals surface area (Å²) in [7, 11) is 0. The summed E-state index contributed by atoms with van der Waals surface area (Å²) in [6.07, 6.45) is 2.31. The molecule has 0 saturated carbocycles. The fourth-order valence-corrected chi connectivity index (χ4v) is 2.23. The fourth-order valence-electron chi connectivity index (χ4n) is 2.23. The van der Waals surface area contributed by atoms with Crippen LogP contribution in [0.1, 0.15) is 23.2 Å². The van der Waals surface area contributed by atoms with Gasteiger partial charge < -0.3 is 10.6 Å². The number of fused-ring (bicyclic) bond motifs is 1. The van der Waals surface area contributed by atoms with Crippen molar-refractivity contribution in [2.24, 2.45) is 0 Å². The fraction of sp³-hybridized carbons (Fsp3) is 0.417. The first-order valence-electron chi connectivity index (χ1n) is 6.15. The number of amides is 1. The van der Waals surface area contributed by atoms with Crippen LogP contribution in [0.5, 0.6) is 0 Å². The number of nitrogens with zero attached hydrogens (tertiary/aromatic N) is 2. The second-order valence-corrected chi connectivity index (χ2v) is 4.53. The van der Waals surface area contributed by atoms with Gasteiger partial charge in [-0.25, -0.2) is 0 Å². The summed E-state index contributed by atoms with van der Waals surface area (Å²) in [5, 5.41) is 16.7. The molecule has 2 heterocycles. The van der Waals surface area contributed by atoms with Crippen molar-refractivity contribution < 1.29 is 4.79 Å². The van der Waals surface area contributed by atoms with Crippen LogP contribution in [0.4, 0.5) is 0 Å². The number of hydrogen-bond donors (Lipinski definition) is 3. The van der Waals surface area contributed by atoms with Crippen molar-refractivity contribution in [3.05, 3.63) is 23.8 Å². The molecule has 1 amide bonds. The summed E-state index contributed by atoms with van der Waals surface area (Å²) >= 11 is 0. The van der Waals surface area contributed by atoms with E-state index in [-0.39, 0.29) is 5.91 Å². The van der Waals surface area contributed by atoms with E-state index in [1.54, 1.807) is 18.2 Å². The number of H-pyrrole nitrogens is 1. The van der Waals surface area contributed by atoms with Crippen molar-refractivity contribution in [2.45, 2.75) is 18.9 Å². The Balaban J connectivity index is 1.67. The van der Waals surface area contributed by atoms with Crippen LogP contribution in [0.15, 0.2) is 18.2 Å². The van der Waals surface area contributed by atoms with E-state index in [0.29, 0.717) is 23.7 Å². The number of hydrogen-bond acceptors (Lipinski definition) is 4. The minimum atomic E-state index is -0.0615. The summed E-state index contributed by atoms with van der Waals surface area (Å²) in [5.74, 6) is -0.0615. The maximum atomic E-state index is 12.0. The van der Waals surface area contributed by atoms with Gasteiger partial charge in [-0.1, -0.05) is 0 Å². The highest BCUT2D eigenvalue weighted by molar-refractivity contribution is 5.97. The van der Waals surface area contributed by atoms with Gasteiger partial charge in [0.1, 0.15) is 11.0 Å². The van der Waals surface area contributed by atoms with E-state index < -0.39 is 0 Å². The SMILES string of the molecule is O=C(NC[C@H]1CCCN1)c1ccc2n[nH]nc2c1. The summed E-state index contributed by atoms with van der Waals surface area (Å²) in [5.41, 5.74) is 2.10. The van der Waals surface area contributed by atoms with Gasteiger partial charge in [0.15, 0.2) is 0 Å². The van der Waals surface area contributed by atoms with Crippen molar-refractivity contribution in [3.8, 4) is 0 Å². The Hall–Kier alpha value is -1.95. The molecule has 0 unspecified atom stereocenters. The first-order valence-corrected chi connectivity index (χ1v) is 6.15. The zero-order valence-electron chi connectivity index (χ0n) is 9.94. The van der Waals surface area contributed by atoms with Crippen LogP contribution in [0.3, 0.4) is 0 Å². The van der Waals surface area contributed by atoms with Gasteiger partial charge in [0.05, 0.1) is 0 Å². The Morgan fingerprint density at radius 2 is 2.28 bits per heavy atom. The van der Waals surface area contributed by atoms with Gasteiger partial charge in [-0.05, 0) is 37.6 Å². The van der Waals surface area contributed by atoms with Crippen LogP contribution in [-0.2, 0) is 0 Å².